The SMILES string of the molecule is O=[N+]([O-])c1ccc2c(Nc3ccc4[nH]ccc4c3)c3c([N+](=O)[O-])cccc3nc2c1. The zero-order valence-corrected chi connectivity index (χ0v) is 15.3. The lowest BCUT2D eigenvalue weighted by atomic mass is 10.0. The highest BCUT2D eigenvalue weighted by Gasteiger charge is 2.20. The van der Waals surface area contributed by atoms with E-state index in [2.05, 4.69) is 15.3 Å². The van der Waals surface area contributed by atoms with Crippen molar-refractivity contribution >= 4 is 55.5 Å². The van der Waals surface area contributed by atoms with Crippen LogP contribution in [0.4, 0.5) is 22.7 Å². The molecule has 30 heavy (non-hydrogen) atoms. The number of nitro groups is 2. The Morgan fingerprint density at radius 1 is 0.900 bits per heavy atom. The molecule has 0 aliphatic rings. The maximum absolute atomic E-state index is 11.7. The summed E-state index contributed by atoms with van der Waals surface area (Å²) in [4.78, 5) is 29.5. The van der Waals surface area contributed by atoms with Gasteiger partial charge in [0.25, 0.3) is 11.4 Å². The summed E-state index contributed by atoms with van der Waals surface area (Å²) in [6, 6.07) is 16.5. The molecule has 0 aliphatic heterocycles. The minimum absolute atomic E-state index is 0.0922. The molecule has 0 fully saturated rings. The van der Waals surface area contributed by atoms with Crippen molar-refractivity contribution in [2.45, 2.75) is 0 Å². The van der Waals surface area contributed by atoms with Gasteiger partial charge in [-0.05, 0) is 36.4 Å². The second kappa shape index (κ2) is 6.52. The van der Waals surface area contributed by atoms with E-state index in [0.717, 1.165) is 16.6 Å². The molecule has 9 heteroatoms. The number of non-ortho nitro benzene ring substituents is 2. The minimum Gasteiger partial charge on any atom is -0.361 e. The van der Waals surface area contributed by atoms with Gasteiger partial charge in [-0.3, -0.25) is 20.2 Å². The van der Waals surface area contributed by atoms with Crippen LogP contribution in [-0.4, -0.2) is 19.8 Å². The standard InChI is InChI=1S/C21H13N5O4/c27-25(28)14-5-6-15-18(11-14)24-17-2-1-3-19(26(29)30)20(17)21(15)23-13-4-7-16-12(10-13)8-9-22-16/h1-11,22H,(H,23,24). The number of rotatable bonds is 4. The third kappa shape index (κ3) is 2.76. The van der Waals surface area contributed by atoms with E-state index in [0.29, 0.717) is 27.5 Å². The van der Waals surface area contributed by atoms with Crippen molar-refractivity contribution in [2.75, 3.05) is 5.32 Å². The number of hydrogen-bond acceptors (Lipinski definition) is 6. The number of fused-ring (bicyclic) bond motifs is 3. The first-order valence-electron chi connectivity index (χ1n) is 9.01. The van der Waals surface area contributed by atoms with Crippen molar-refractivity contribution in [3.8, 4) is 0 Å². The smallest absolute Gasteiger partial charge is 0.280 e. The second-order valence-electron chi connectivity index (χ2n) is 6.78. The van der Waals surface area contributed by atoms with E-state index in [-0.39, 0.29) is 11.4 Å². The van der Waals surface area contributed by atoms with Gasteiger partial charge in [0, 0.05) is 46.4 Å². The van der Waals surface area contributed by atoms with Gasteiger partial charge in [0.15, 0.2) is 0 Å². The van der Waals surface area contributed by atoms with Gasteiger partial charge in [-0.1, -0.05) is 6.07 Å². The quantitative estimate of drug-likeness (QED) is 0.236. The molecule has 0 atom stereocenters. The second-order valence-corrected chi connectivity index (χ2v) is 6.78. The number of benzene rings is 3. The molecule has 2 aromatic heterocycles. The largest absolute Gasteiger partial charge is 0.361 e. The Hall–Kier alpha value is -4.53. The summed E-state index contributed by atoms with van der Waals surface area (Å²) in [6.07, 6.45) is 1.83. The molecule has 0 aliphatic carbocycles. The van der Waals surface area contributed by atoms with Gasteiger partial charge in [-0.15, -0.1) is 0 Å². The molecule has 2 N–H and O–H groups in total. The predicted molar refractivity (Wildman–Crippen MR) is 114 cm³/mol. The predicted octanol–water partition coefficient (Wildman–Crippen LogP) is 5.43. The van der Waals surface area contributed by atoms with Crippen LogP contribution < -0.4 is 5.32 Å². The Morgan fingerprint density at radius 2 is 1.77 bits per heavy atom. The number of nitro benzene ring substituents is 2. The maximum Gasteiger partial charge on any atom is 0.280 e. The van der Waals surface area contributed by atoms with E-state index in [1.54, 1.807) is 18.2 Å². The highest BCUT2D eigenvalue weighted by molar-refractivity contribution is 6.12. The highest BCUT2D eigenvalue weighted by Crippen LogP contribution is 2.39. The van der Waals surface area contributed by atoms with Crippen LogP contribution in [0, 0.1) is 20.2 Å². The molecule has 0 saturated carbocycles. The molecular formula is C21H13N5O4. The number of nitrogens with one attached hydrogen (secondary N) is 2. The van der Waals surface area contributed by atoms with Gasteiger partial charge < -0.3 is 10.3 Å². The fourth-order valence-corrected chi connectivity index (χ4v) is 3.64. The molecule has 9 nitrogen and oxygen atoms in total. The Morgan fingerprint density at radius 3 is 2.57 bits per heavy atom. The average molecular weight is 399 g/mol. The normalized spacial score (nSPS) is 11.2. The van der Waals surface area contributed by atoms with Crippen molar-refractivity contribution in [3.63, 3.8) is 0 Å². The molecule has 3 aromatic carbocycles. The van der Waals surface area contributed by atoms with E-state index >= 15 is 0 Å². The molecule has 146 valence electrons. The zero-order chi connectivity index (χ0) is 20.8. The lowest BCUT2D eigenvalue weighted by molar-refractivity contribution is -0.384. The Balaban J connectivity index is 1.82. The summed E-state index contributed by atoms with van der Waals surface area (Å²) in [5.41, 5.74) is 2.74. The van der Waals surface area contributed by atoms with Crippen molar-refractivity contribution in [3.05, 3.63) is 87.1 Å². The van der Waals surface area contributed by atoms with Crippen LogP contribution in [0.25, 0.3) is 32.7 Å². The van der Waals surface area contributed by atoms with Crippen LogP contribution in [0.5, 0.6) is 0 Å². The summed E-state index contributed by atoms with van der Waals surface area (Å²) in [5, 5.41) is 28.1. The molecule has 5 rings (SSSR count). The fraction of sp³-hybridized carbons (Fsp3) is 0. The number of pyridine rings is 1. The van der Waals surface area contributed by atoms with Crippen LogP contribution in [0.2, 0.25) is 0 Å². The van der Waals surface area contributed by atoms with Crippen LogP contribution in [-0.2, 0) is 0 Å². The number of aromatic amines is 1. The Kier molecular flexibility index (Phi) is 3.82. The molecule has 2 heterocycles. The summed E-state index contributed by atoms with van der Waals surface area (Å²) < 4.78 is 0. The van der Waals surface area contributed by atoms with Gasteiger partial charge in [0.1, 0.15) is 5.39 Å². The molecule has 5 aromatic rings. The van der Waals surface area contributed by atoms with Crippen LogP contribution in [0.3, 0.4) is 0 Å². The Labute approximate surface area is 168 Å². The van der Waals surface area contributed by atoms with Gasteiger partial charge >= 0.3 is 0 Å². The average Bonchev–Trinajstić information content (AvgIpc) is 3.20. The van der Waals surface area contributed by atoms with Gasteiger partial charge in [-0.25, -0.2) is 4.98 Å². The topological polar surface area (TPSA) is 127 Å². The van der Waals surface area contributed by atoms with E-state index < -0.39 is 9.85 Å². The summed E-state index contributed by atoms with van der Waals surface area (Å²) >= 11 is 0. The van der Waals surface area contributed by atoms with Crippen molar-refractivity contribution < 1.29 is 9.85 Å². The molecule has 0 spiro atoms. The van der Waals surface area contributed by atoms with Crippen LogP contribution >= 0.6 is 0 Å². The van der Waals surface area contributed by atoms with Crippen molar-refractivity contribution in [1.82, 2.24) is 9.97 Å². The van der Waals surface area contributed by atoms with E-state index in [9.17, 15) is 20.2 Å². The van der Waals surface area contributed by atoms with Crippen LogP contribution in [0.1, 0.15) is 0 Å². The monoisotopic (exact) mass is 399 g/mol. The first kappa shape index (κ1) is 17.6. The van der Waals surface area contributed by atoms with Crippen molar-refractivity contribution in [1.29, 1.82) is 0 Å². The highest BCUT2D eigenvalue weighted by atomic mass is 16.6. The maximum atomic E-state index is 11.7. The zero-order valence-electron chi connectivity index (χ0n) is 15.3. The lowest BCUT2D eigenvalue weighted by Gasteiger charge is -2.13. The molecule has 0 unspecified atom stereocenters. The third-order valence-electron chi connectivity index (χ3n) is 4.99. The summed E-state index contributed by atoms with van der Waals surface area (Å²) in [7, 11) is 0. The van der Waals surface area contributed by atoms with Gasteiger partial charge in [-0.2, -0.15) is 0 Å². The number of H-pyrrole nitrogens is 1. The van der Waals surface area contributed by atoms with Crippen LogP contribution in [0.15, 0.2) is 66.9 Å². The van der Waals surface area contributed by atoms with E-state index in [1.165, 1.54) is 18.2 Å². The van der Waals surface area contributed by atoms with Gasteiger partial charge in [0.2, 0.25) is 0 Å². The molecule has 0 saturated heterocycles. The Bertz CT molecular complexity index is 1490. The van der Waals surface area contributed by atoms with E-state index in [1.807, 2.05) is 30.5 Å². The molecule has 0 radical (unpaired) electrons. The minimum atomic E-state index is -0.494. The number of anilines is 2. The first-order chi connectivity index (χ1) is 14.5. The summed E-state index contributed by atoms with van der Waals surface area (Å²) in [6.45, 7) is 0. The lowest BCUT2D eigenvalue weighted by Crippen LogP contribution is -1.99. The fourth-order valence-electron chi connectivity index (χ4n) is 3.64. The number of aromatic nitrogens is 2. The summed E-state index contributed by atoms with van der Waals surface area (Å²) in [5.74, 6) is 0. The third-order valence-corrected chi connectivity index (χ3v) is 4.99. The number of nitrogens with zero attached hydrogens (tertiary/aromatic N) is 3. The molecule has 0 amide bonds. The number of hydrogen-bond donors (Lipinski definition) is 2. The first-order valence-corrected chi connectivity index (χ1v) is 9.01. The van der Waals surface area contributed by atoms with Crippen molar-refractivity contribution in [2.24, 2.45) is 0 Å². The van der Waals surface area contributed by atoms with E-state index in [4.69, 9.17) is 0 Å². The van der Waals surface area contributed by atoms with Gasteiger partial charge in [0.05, 0.1) is 26.6 Å². The molecular weight excluding hydrogens is 386 g/mol. The molecule has 0 bridgehead atoms.